The van der Waals surface area contributed by atoms with Gasteiger partial charge in [0.1, 0.15) is 17.2 Å². The summed E-state index contributed by atoms with van der Waals surface area (Å²) in [6.45, 7) is 1.67. The maximum atomic E-state index is 14.0. The van der Waals surface area contributed by atoms with Crippen molar-refractivity contribution in [2.45, 2.75) is 12.7 Å². The predicted molar refractivity (Wildman–Crippen MR) is 143 cm³/mol. The number of hydrogen-bond donors (Lipinski definition) is 2. The zero-order valence-electron chi connectivity index (χ0n) is 21.2. The monoisotopic (exact) mass is 550 g/mol. The number of rotatable bonds is 6. The van der Waals surface area contributed by atoms with Crippen LogP contribution in [-0.2, 0) is 22.3 Å². The molecule has 8 nitrogen and oxygen atoms in total. The SMILES string of the molecule is Nc1ccc(/C=C/C(=O)NCc2cc3cc(-c4cccc(C(=O)N5CCOCC5)c4)cc(C(F)(F)F)c3o2)cn1. The van der Waals surface area contributed by atoms with Crippen molar-refractivity contribution in [2.75, 3.05) is 32.0 Å². The van der Waals surface area contributed by atoms with Crippen molar-refractivity contribution in [3.63, 3.8) is 0 Å². The minimum absolute atomic E-state index is 0.117. The maximum Gasteiger partial charge on any atom is 0.420 e. The van der Waals surface area contributed by atoms with Crippen molar-refractivity contribution >= 4 is 34.7 Å². The van der Waals surface area contributed by atoms with Crippen LogP contribution in [-0.4, -0.2) is 48.0 Å². The van der Waals surface area contributed by atoms with Crippen LogP contribution in [0.15, 0.2) is 71.3 Å². The molecular formula is C29H25F3N4O4. The summed E-state index contributed by atoms with van der Waals surface area (Å²) in [6, 6.07) is 13.9. The van der Waals surface area contributed by atoms with Crippen LogP contribution in [0.5, 0.6) is 0 Å². The summed E-state index contributed by atoms with van der Waals surface area (Å²) in [5.74, 6) is -0.159. The molecule has 0 saturated carbocycles. The molecule has 0 spiro atoms. The van der Waals surface area contributed by atoms with Crippen molar-refractivity contribution < 1.29 is 31.9 Å². The predicted octanol–water partition coefficient (Wildman–Crippen LogP) is 4.90. The summed E-state index contributed by atoms with van der Waals surface area (Å²) in [4.78, 5) is 30.7. The Morgan fingerprint density at radius 2 is 1.85 bits per heavy atom. The van der Waals surface area contributed by atoms with Crippen LogP contribution in [0, 0.1) is 0 Å². The topological polar surface area (TPSA) is 111 Å². The zero-order chi connectivity index (χ0) is 28.3. The lowest BCUT2D eigenvalue weighted by atomic mass is 9.98. The fourth-order valence-corrected chi connectivity index (χ4v) is 4.37. The molecule has 2 aromatic heterocycles. The fraction of sp³-hybridized carbons (Fsp3) is 0.207. The minimum atomic E-state index is -4.69. The van der Waals surface area contributed by atoms with E-state index < -0.39 is 17.6 Å². The van der Waals surface area contributed by atoms with Crippen LogP contribution in [0.2, 0.25) is 0 Å². The molecule has 0 unspecified atom stereocenters. The highest BCUT2D eigenvalue weighted by atomic mass is 19.4. The number of carbonyl (C=O) groups is 2. The van der Waals surface area contributed by atoms with Gasteiger partial charge in [-0.05, 0) is 65.2 Å². The molecule has 0 atom stereocenters. The Hall–Kier alpha value is -4.64. The van der Waals surface area contributed by atoms with Gasteiger partial charge in [0.25, 0.3) is 5.91 Å². The number of nitrogens with zero attached hydrogens (tertiary/aromatic N) is 2. The number of nitrogens with two attached hydrogens (primary N) is 1. The first-order chi connectivity index (χ1) is 19.2. The smallest absolute Gasteiger partial charge is 0.420 e. The van der Waals surface area contributed by atoms with E-state index in [0.717, 1.165) is 6.07 Å². The molecular weight excluding hydrogens is 525 g/mol. The van der Waals surface area contributed by atoms with Crippen LogP contribution in [0.3, 0.4) is 0 Å². The molecule has 4 aromatic rings. The second kappa shape index (κ2) is 11.2. The molecule has 3 heterocycles. The Kier molecular flexibility index (Phi) is 7.56. The summed E-state index contributed by atoms with van der Waals surface area (Å²) in [5.41, 5.74) is 6.05. The van der Waals surface area contributed by atoms with E-state index in [1.54, 1.807) is 47.4 Å². The number of morpholine rings is 1. The van der Waals surface area contributed by atoms with Gasteiger partial charge in [-0.25, -0.2) is 4.98 Å². The molecule has 11 heteroatoms. The Bertz CT molecular complexity index is 1570. The van der Waals surface area contributed by atoms with Gasteiger partial charge in [0.05, 0.1) is 25.3 Å². The van der Waals surface area contributed by atoms with E-state index in [4.69, 9.17) is 14.9 Å². The van der Waals surface area contributed by atoms with Crippen molar-refractivity contribution in [3.05, 3.63) is 89.3 Å². The molecule has 2 amide bonds. The molecule has 0 radical (unpaired) electrons. The van der Waals surface area contributed by atoms with E-state index >= 15 is 0 Å². The van der Waals surface area contributed by atoms with E-state index in [-0.39, 0.29) is 34.7 Å². The largest absolute Gasteiger partial charge is 0.459 e. The van der Waals surface area contributed by atoms with Gasteiger partial charge in [-0.3, -0.25) is 9.59 Å². The minimum Gasteiger partial charge on any atom is -0.459 e. The summed E-state index contributed by atoms with van der Waals surface area (Å²) in [7, 11) is 0. The molecule has 40 heavy (non-hydrogen) atoms. The van der Waals surface area contributed by atoms with E-state index in [1.807, 2.05) is 0 Å². The fourth-order valence-electron chi connectivity index (χ4n) is 4.37. The number of nitrogens with one attached hydrogen (secondary N) is 1. The number of alkyl halides is 3. The van der Waals surface area contributed by atoms with Crippen LogP contribution < -0.4 is 11.1 Å². The number of pyridine rings is 1. The molecule has 1 fully saturated rings. The lowest BCUT2D eigenvalue weighted by Gasteiger charge is -2.27. The number of amides is 2. The highest BCUT2D eigenvalue weighted by Crippen LogP contribution is 2.39. The highest BCUT2D eigenvalue weighted by Gasteiger charge is 2.35. The van der Waals surface area contributed by atoms with Crippen molar-refractivity contribution in [1.29, 1.82) is 0 Å². The summed E-state index contributed by atoms with van der Waals surface area (Å²) in [6.07, 6.45) is -0.376. The average Bonchev–Trinajstić information content (AvgIpc) is 3.38. The van der Waals surface area contributed by atoms with Crippen molar-refractivity contribution in [3.8, 4) is 11.1 Å². The molecule has 5 rings (SSSR count). The summed E-state index contributed by atoms with van der Waals surface area (Å²) in [5, 5.41) is 2.82. The van der Waals surface area contributed by atoms with Gasteiger partial charge in [-0.1, -0.05) is 12.1 Å². The summed E-state index contributed by atoms with van der Waals surface area (Å²) < 4.78 is 53.0. The standard InChI is InChI=1S/C29H25F3N4O4/c30-29(31,32)24-15-21(19-2-1-3-20(12-19)28(38)36-8-10-39-11-9-36)13-22-14-23(40-27(22)24)17-35-26(37)7-5-18-4-6-25(33)34-16-18/h1-7,12-16H,8-11,17H2,(H2,33,34)(H,35,37)/b7-5+. The molecule has 206 valence electrons. The number of fused-ring (bicyclic) bond motifs is 1. The Morgan fingerprint density at radius 1 is 1.05 bits per heavy atom. The van der Waals surface area contributed by atoms with E-state index in [9.17, 15) is 22.8 Å². The first kappa shape index (κ1) is 26.9. The number of halogens is 3. The quantitative estimate of drug-likeness (QED) is 0.331. The number of aromatic nitrogens is 1. The van der Waals surface area contributed by atoms with Crippen LogP contribution in [0.1, 0.15) is 27.2 Å². The summed E-state index contributed by atoms with van der Waals surface area (Å²) >= 11 is 0. The molecule has 1 saturated heterocycles. The Balaban J connectivity index is 1.38. The van der Waals surface area contributed by atoms with Crippen LogP contribution in [0.25, 0.3) is 28.2 Å². The zero-order valence-corrected chi connectivity index (χ0v) is 21.2. The first-order valence-corrected chi connectivity index (χ1v) is 12.5. The molecule has 1 aliphatic heterocycles. The van der Waals surface area contributed by atoms with E-state index in [2.05, 4.69) is 10.3 Å². The molecule has 0 aliphatic carbocycles. The van der Waals surface area contributed by atoms with Gasteiger partial charge in [-0.15, -0.1) is 0 Å². The van der Waals surface area contributed by atoms with Gasteiger partial charge in [-0.2, -0.15) is 13.2 Å². The number of carbonyl (C=O) groups excluding carboxylic acids is 2. The van der Waals surface area contributed by atoms with Gasteiger partial charge in [0.15, 0.2) is 0 Å². The van der Waals surface area contributed by atoms with Gasteiger partial charge in [0.2, 0.25) is 5.91 Å². The van der Waals surface area contributed by atoms with Gasteiger partial charge in [0, 0.05) is 36.3 Å². The number of nitrogen functional groups attached to an aromatic ring is 1. The second-order valence-corrected chi connectivity index (χ2v) is 9.21. The third-order valence-corrected chi connectivity index (χ3v) is 6.39. The number of anilines is 1. The third kappa shape index (κ3) is 6.15. The number of furan rings is 1. The molecule has 0 bridgehead atoms. The van der Waals surface area contributed by atoms with Crippen molar-refractivity contribution in [2.24, 2.45) is 0 Å². The first-order valence-electron chi connectivity index (χ1n) is 12.5. The second-order valence-electron chi connectivity index (χ2n) is 9.21. The Labute approximate surface area is 227 Å². The number of hydrogen-bond acceptors (Lipinski definition) is 6. The highest BCUT2D eigenvalue weighted by molar-refractivity contribution is 5.96. The van der Waals surface area contributed by atoms with E-state index in [0.29, 0.717) is 48.8 Å². The maximum absolute atomic E-state index is 14.0. The van der Waals surface area contributed by atoms with Gasteiger partial charge < -0.3 is 25.1 Å². The lowest BCUT2D eigenvalue weighted by molar-refractivity contribution is -0.136. The normalized spacial score (nSPS) is 14.1. The van der Waals surface area contributed by atoms with E-state index in [1.165, 1.54) is 24.4 Å². The van der Waals surface area contributed by atoms with Crippen LogP contribution >= 0.6 is 0 Å². The van der Waals surface area contributed by atoms with Gasteiger partial charge >= 0.3 is 6.18 Å². The number of ether oxygens (including phenoxy) is 1. The Morgan fingerprint density at radius 3 is 2.58 bits per heavy atom. The van der Waals surface area contributed by atoms with Crippen LogP contribution in [0.4, 0.5) is 19.0 Å². The lowest BCUT2D eigenvalue weighted by Crippen LogP contribution is -2.40. The number of benzene rings is 2. The molecule has 1 aliphatic rings. The average molecular weight is 551 g/mol. The third-order valence-electron chi connectivity index (χ3n) is 6.39. The molecule has 3 N–H and O–H groups in total. The van der Waals surface area contributed by atoms with Crippen molar-refractivity contribution in [1.82, 2.24) is 15.2 Å². The molecule has 2 aromatic carbocycles.